The van der Waals surface area contributed by atoms with Crippen LogP contribution in [0.5, 0.6) is 0 Å². The Bertz CT molecular complexity index is 2080. The van der Waals surface area contributed by atoms with Gasteiger partial charge in [-0.15, -0.1) is 0 Å². The number of piperazine rings is 1. The molecule has 2 N–H and O–H groups in total. The molecule has 0 radical (unpaired) electrons. The minimum absolute atomic E-state index is 0.00633. The zero-order chi connectivity index (χ0) is 44.3. The van der Waals surface area contributed by atoms with Crippen molar-refractivity contribution < 1.29 is 47.3 Å². The van der Waals surface area contributed by atoms with E-state index in [9.17, 15) is 28.8 Å². The Morgan fingerprint density at radius 2 is 1.58 bits per heavy atom. The van der Waals surface area contributed by atoms with Crippen LogP contribution in [0.25, 0.3) is 11.1 Å². The van der Waals surface area contributed by atoms with Crippen LogP contribution in [-0.4, -0.2) is 157 Å². The number of oxazole rings is 1. The highest BCUT2D eigenvalue weighted by atomic mass is 16.8. The van der Waals surface area contributed by atoms with Crippen molar-refractivity contribution in [2.24, 2.45) is 5.92 Å². The number of amides is 4. The first kappa shape index (κ1) is 45.9. The summed E-state index contributed by atoms with van der Waals surface area (Å²) in [6.45, 7) is 13.6. The van der Waals surface area contributed by atoms with Crippen molar-refractivity contribution in [1.29, 1.82) is 0 Å². The molecule has 5 heterocycles. The third kappa shape index (κ3) is 12.5. The number of hydrogen-bond donors (Lipinski definition) is 2. The van der Waals surface area contributed by atoms with Gasteiger partial charge in [0.05, 0.1) is 18.7 Å². The summed E-state index contributed by atoms with van der Waals surface area (Å²) < 4.78 is 25.5. The molecule has 0 aliphatic carbocycles. The second-order valence-corrected chi connectivity index (χ2v) is 16.6. The number of likely N-dealkylation sites (tertiary alicyclic amines) is 2. The number of aromatic amines is 1. The van der Waals surface area contributed by atoms with E-state index in [1.807, 2.05) is 49.2 Å². The van der Waals surface area contributed by atoms with Gasteiger partial charge in [0.2, 0.25) is 6.29 Å². The molecule has 3 fully saturated rings. The lowest BCUT2D eigenvalue weighted by atomic mass is 9.99. The molecule has 338 valence electrons. The molecule has 7 rings (SSSR count). The maximum atomic E-state index is 13.7. The highest BCUT2D eigenvalue weighted by Gasteiger charge is 2.35. The van der Waals surface area contributed by atoms with Crippen LogP contribution in [-0.2, 0) is 41.4 Å². The van der Waals surface area contributed by atoms with Crippen LogP contribution in [0.2, 0.25) is 0 Å². The number of fused-ring (bicyclic) bond motifs is 2. The number of hydrogen-bond acceptors (Lipinski definition) is 13. The number of nitrogens with zero attached hydrogens (tertiary/aromatic N) is 5. The topological polar surface area (TPSA) is 196 Å². The highest BCUT2D eigenvalue weighted by molar-refractivity contribution is 5.91. The molecule has 2 atom stereocenters. The van der Waals surface area contributed by atoms with Crippen molar-refractivity contribution in [2.75, 3.05) is 84.4 Å². The number of carbonyl (C=O) groups is 5. The first-order chi connectivity index (χ1) is 29.8. The summed E-state index contributed by atoms with van der Waals surface area (Å²) in [7, 11) is 2.01. The molecule has 18 nitrogen and oxygen atoms in total. The van der Waals surface area contributed by atoms with Crippen LogP contribution >= 0.6 is 0 Å². The number of rotatable bonds is 10. The molecule has 0 saturated carbocycles. The third-order valence-corrected chi connectivity index (χ3v) is 11.9. The quantitative estimate of drug-likeness (QED) is 0.163. The van der Waals surface area contributed by atoms with Gasteiger partial charge < -0.3 is 48.3 Å². The summed E-state index contributed by atoms with van der Waals surface area (Å²) >= 11 is 0. The number of nitrogens with one attached hydrogen (secondary N) is 2. The molecule has 4 aliphatic heterocycles. The molecule has 0 spiro atoms. The summed E-state index contributed by atoms with van der Waals surface area (Å²) in [5, 5.41) is 3.03. The van der Waals surface area contributed by atoms with E-state index in [2.05, 4.69) is 31.8 Å². The van der Waals surface area contributed by atoms with E-state index in [0.29, 0.717) is 56.7 Å². The molecular formula is C44H61N7O11. The van der Waals surface area contributed by atoms with Crippen LogP contribution in [0.3, 0.4) is 0 Å². The molecule has 3 saturated heterocycles. The summed E-state index contributed by atoms with van der Waals surface area (Å²) in [5.41, 5.74) is 4.51. The fourth-order valence-corrected chi connectivity index (χ4v) is 8.27. The standard InChI is InChI=1S/C31H38N6O6.C13H23NO5/c1-20-17-21(18-25-27(20)33-30(40)42-25)19-26(28(38)35-15-13-34(2)14-16-35)43-31(41)36-10-8-23(9-11-36)37-12-7-22-5-3-4-6-24(22)32-29(37)39;1-4-17-13(16)19-11(3)18-12(15)9-14-7-5-10(2)6-8-14/h3-6,17-18,23,26H,7-16,19H2,1-2H3,(H,32,39)(H,33,40);10-11H,4-9H2,1-3H3/t26-;/m1./s1. The van der Waals surface area contributed by atoms with Gasteiger partial charge in [-0.25, -0.2) is 19.2 Å². The molecule has 1 unspecified atom stereocenters. The van der Waals surface area contributed by atoms with Gasteiger partial charge in [-0.3, -0.25) is 19.5 Å². The fourth-order valence-electron chi connectivity index (χ4n) is 8.27. The number of urea groups is 1. The van der Waals surface area contributed by atoms with Crippen molar-refractivity contribution in [1.82, 2.24) is 29.5 Å². The fraction of sp³-hybridized carbons (Fsp3) is 0.591. The lowest BCUT2D eigenvalue weighted by Crippen LogP contribution is -2.53. The Kier molecular flexibility index (Phi) is 15.9. The predicted octanol–water partition coefficient (Wildman–Crippen LogP) is 4.59. The SMILES string of the molecule is CCOC(=O)OC(C)OC(=O)CN1CCC(C)CC1.Cc1cc(C[C@@H](OC(=O)N2CCC(N3CCc4ccccc4NC3=O)CC2)C(=O)N2CCN(C)CC2)cc2oc(=O)[nH]c12. The van der Waals surface area contributed by atoms with Crippen molar-refractivity contribution >= 4 is 46.9 Å². The number of piperidine rings is 2. The van der Waals surface area contributed by atoms with Gasteiger partial charge in [0.25, 0.3) is 5.91 Å². The van der Waals surface area contributed by atoms with Gasteiger partial charge in [0, 0.05) is 70.9 Å². The lowest BCUT2D eigenvalue weighted by molar-refractivity contribution is -0.169. The zero-order valence-corrected chi connectivity index (χ0v) is 36.5. The van der Waals surface area contributed by atoms with Crippen LogP contribution in [0, 0.1) is 12.8 Å². The molecule has 1 aromatic heterocycles. The number of H-pyrrole nitrogens is 1. The van der Waals surface area contributed by atoms with E-state index in [4.69, 9.17) is 18.6 Å². The minimum atomic E-state index is -1.02. The Labute approximate surface area is 361 Å². The predicted molar refractivity (Wildman–Crippen MR) is 229 cm³/mol. The molecule has 62 heavy (non-hydrogen) atoms. The Morgan fingerprint density at radius 3 is 2.29 bits per heavy atom. The van der Waals surface area contributed by atoms with E-state index >= 15 is 0 Å². The first-order valence-corrected chi connectivity index (χ1v) is 21.7. The first-order valence-electron chi connectivity index (χ1n) is 21.7. The molecule has 4 aliphatic rings. The van der Waals surface area contributed by atoms with Crippen molar-refractivity contribution in [3.05, 3.63) is 63.6 Å². The number of aryl methyl sites for hydroxylation is 1. The van der Waals surface area contributed by atoms with Crippen molar-refractivity contribution in [2.45, 2.75) is 84.7 Å². The summed E-state index contributed by atoms with van der Waals surface area (Å²) in [5.74, 6) is -0.438. The molecule has 4 amide bonds. The number of esters is 1. The number of likely N-dealkylation sites (N-methyl/N-ethyl adjacent to an activating group) is 1. The zero-order valence-electron chi connectivity index (χ0n) is 36.5. The maximum absolute atomic E-state index is 13.7. The van der Waals surface area contributed by atoms with Gasteiger partial charge in [-0.05, 0) is 101 Å². The van der Waals surface area contributed by atoms with Crippen LogP contribution in [0.1, 0.15) is 63.1 Å². The van der Waals surface area contributed by atoms with E-state index in [1.54, 1.807) is 22.8 Å². The summed E-state index contributed by atoms with van der Waals surface area (Å²) in [4.78, 5) is 86.7. The average molecular weight is 864 g/mol. The molecule has 18 heteroatoms. The van der Waals surface area contributed by atoms with Gasteiger partial charge in [0.15, 0.2) is 11.7 Å². The second kappa shape index (κ2) is 21.4. The average Bonchev–Trinajstić information content (AvgIpc) is 3.54. The Morgan fingerprint density at radius 1 is 0.871 bits per heavy atom. The lowest BCUT2D eigenvalue weighted by Gasteiger charge is -2.38. The number of benzene rings is 2. The van der Waals surface area contributed by atoms with Crippen molar-refractivity contribution in [3.8, 4) is 0 Å². The summed E-state index contributed by atoms with van der Waals surface area (Å²) in [6.07, 6.45) is 1.07. The van der Waals surface area contributed by atoms with E-state index in [0.717, 1.165) is 73.7 Å². The number of carbonyl (C=O) groups excluding carboxylic acids is 5. The normalized spacial score (nSPS) is 19.0. The summed E-state index contributed by atoms with van der Waals surface area (Å²) in [6, 6.07) is 11.3. The smallest absolute Gasteiger partial charge is 0.436 e. The van der Waals surface area contributed by atoms with E-state index in [-0.39, 0.29) is 43.5 Å². The van der Waals surface area contributed by atoms with Gasteiger partial charge >= 0.3 is 30.0 Å². The highest BCUT2D eigenvalue weighted by Crippen LogP contribution is 2.26. The largest absolute Gasteiger partial charge is 0.511 e. The van der Waals surface area contributed by atoms with Gasteiger partial charge in [0.1, 0.15) is 0 Å². The Hall–Kier alpha value is -5.62. The number of ether oxygens (including phenoxy) is 4. The minimum Gasteiger partial charge on any atom is -0.436 e. The Balaban J connectivity index is 0.000000284. The second-order valence-electron chi connectivity index (χ2n) is 16.6. The van der Waals surface area contributed by atoms with Gasteiger partial charge in [-0.2, -0.15) is 0 Å². The number of para-hydroxylation sites is 1. The van der Waals surface area contributed by atoms with Crippen LogP contribution < -0.4 is 11.1 Å². The monoisotopic (exact) mass is 863 g/mol. The third-order valence-electron chi connectivity index (χ3n) is 11.9. The molecule has 0 bridgehead atoms. The van der Waals surface area contributed by atoms with E-state index < -0.39 is 30.4 Å². The van der Waals surface area contributed by atoms with Crippen LogP contribution in [0.4, 0.5) is 20.1 Å². The molecular weight excluding hydrogens is 803 g/mol. The molecule has 2 aromatic carbocycles. The number of anilines is 1. The number of aromatic nitrogens is 1. The van der Waals surface area contributed by atoms with E-state index in [1.165, 1.54) is 6.92 Å². The van der Waals surface area contributed by atoms with Crippen molar-refractivity contribution in [3.63, 3.8) is 0 Å². The maximum Gasteiger partial charge on any atom is 0.511 e. The van der Waals surface area contributed by atoms with Crippen LogP contribution in [0.15, 0.2) is 45.6 Å². The molecule has 3 aromatic rings. The van der Waals surface area contributed by atoms with Gasteiger partial charge in [-0.1, -0.05) is 31.2 Å².